The maximum atomic E-state index is 12.7. The predicted octanol–water partition coefficient (Wildman–Crippen LogP) is -1.24. The maximum absolute atomic E-state index is 12.7. The molecule has 0 aliphatic rings. The number of hydrogen-bond donors (Lipinski definition) is 2. The third kappa shape index (κ3) is 2.02. The molecule has 0 saturated carbocycles. The summed E-state index contributed by atoms with van der Waals surface area (Å²) in [6.07, 6.45) is 0.0526. The lowest BCUT2D eigenvalue weighted by Crippen LogP contribution is -2.47. The number of hydrogen-bond acceptors (Lipinski definition) is 4. The minimum absolute atomic E-state index is 0.546. The van der Waals surface area contributed by atoms with Crippen molar-refractivity contribution in [3.8, 4) is 0 Å². The predicted molar refractivity (Wildman–Crippen MR) is 40.2 cm³/mol. The van der Waals surface area contributed by atoms with Gasteiger partial charge in [-0.25, -0.2) is 4.98 Å². The van der Waals surface area contributed by atoms with Crippen LogP contribution in [0, 0.1) is 0 Å². The average molecular weight is 206 g/mol. The first kappa shape index (κ1) is 10.5. The normalized spacial score (nSPS) is 13.9. The first-order valence-electron chi connectivity index (χ1n) is 3.62. The number of aromatic nitrogens is 3. The van der Waals surface area contributed by atoms with Crippen molar-refractivity contribution < 1.29 is 18.7 Å². The molecule has 1 amide bonds. The van der Waals surface area contributed by atoms with Crippen LogP contribution in [-0.4, -0.2) is 37.8 Å². The molecule has 1 rings (SSSR count). The molecule has 0 spiro atoms. The Kier molecular flexibility index (Phi) is 2.75. The van der Waals surface area contributed by atoms with Crippen LogP contribution in [0.5, 0.6) is 0 Å². The first-order chi connectivity index (χ1) is 6.44. The topological polar surface area (TPSA) is 94.0 Å². The van der Waals surface area contributed by atoms with Gasteiger partial charge in [0.05, 0.1) is 6.54 Å². The Bertz CT molecular complexity index is 314. The van der Waals surface area contributed by atoms with E-state index in [0.29, 0.717) is 0 Å². The van der Waals surface area contributed by atoms with Crippen molar-refractivity contribution in [1.29, 1.82) is 0 Å². The molecule has 0 aliphatic carbocycles. The second-order valence-corrected chi connectivity index (χ2v) is 2.62. The monoisotopic (exact) mass is 206 g/mol. The number of halogens is 2. The molecule has 0 bridgehead atoms. The minimum Gasteiger partial charge on any atom is -0.384 e. The number of nitrogens with two attached hydrogens (primary N) is 1. The van der Waals surface area contributed by atoms with Crippen molar-refractivity contribution in [1.82, 2.24) is 14.8 Å². The third-order valence-electron chi connectivity index (χ3n) is 1.57. The highest BCUT2D eigenvalue weighted by Gasteiger charge is 2.45. The Morgan fingerprint density at radius 1 is 1.71 bits per heavy atom. The van der Waals surface area contributed by atoms with Gasteiger partial charge in [0.2, 0.25) is 0 Å². The SMILES string of the molecule is NC(=O)C(F)(F)C(O)Cn1cncn1. The summed E-state index contributed by atoms with van der Waals surface area (Å²) in [5.74, 6) is -5.84. The minimum atomic E-state index is -3.97. The summed E-state index contributed by atoms with van der Waals surface area (Å²) < 4.78 is 26.5. The number of carbonyl (C=O) groups excluding carboxylic acids is 1. The smallest absolute Gasteiger partial charge is 0.351 e. The van der Waals surface area contributed by atoms with E-state index in [1.165, 1.54) is 0 Å². The summed E-state index contributed by atoms with van der Waals surface area (Å²) in [7, 11) is 0. The number of aliphatic hydroxyl groups is 1. The van der Waals surface area contributed by atoms with E-state index in [4.69, 9.17) is 5.11 Å². The molecule has 1 heterocycles. The molecule has 0 aliphatic heterocycles. The molecule has 6 nitrogen and oxygen atoms in total. The lowest BCUT2D eigenvalue weighted by atomic mass is 10.2. The van der Waals surface area contributed by atoms with Crippen LogP contribution in [0.15, 0.2) is 12.7 Å². The molecule has 0 fully saturated rings. The summed E-state index contributed by atoms with van der Waals surface area (Å²) in [5, 5.41) is 12.5. The van der Waals surface area contributed by atoms with E-state index in [2.05, 4.69) is 15.8 Å². The van der Waals surface area contributed by atoms with Gasteiger partial charge >= 0.3 is 5.92 Å². The largest absolute Gasteiger partial charge is 0.384 e. The molecule has 8 heteroatoms. The van der Waals surface area contributed by atoms with Crippen LogP contribution in [0.4, 0.5) is 8.78 Å². The van der Waals surface area contributed by atoms with Crippen molar-refractivity contribution in [2.24, 2.45) is 5.73 Å². The van der Waals surface area contributed by atoms with Crippen LogP contribution < -0.4 is 5.73 Å². The van der Waals surface area contributed by atoms with Crippen molar-refractivity contribution in [2.45, 2.75) is 18.6 Å². The van der Waals surface area contributed by atoms with E-state index in [0.717, 1.165) is 17.3 Å². The molecule has 1 unspecified atom stereocenters. The standard InChI is InChI=1S/C6H8F2N4O2/c7-6(8,5(9)14)4(13)1-12-3-10-2-11-12/h2-4,13H,1H2,(H2,9,14). The number of primary amides is 1. The lowest BCUT2D eigenvalue weighted by Gasteiger charge is -2.18. The van der Waals surface area contributed by atoms with Gasteiger partial charge in [0, 0.05) is 0 Å². The molecule has 0 radical (unpaired) electrons. The zero-order chi connectivity index (χ0) is 10.8. The van der Waals surface area contributed by atoms with Gasteiger partial charge in [0.15, 0.2) is 0 Å². The van der Waals surface area contributed by atoms with Crippen LogP contribution in [0.2, 0.25) is 0 Å². The van der Waals surface area contributed by atoms with E-state index in [1.54, 1.807) is 0 Å². The van der Waals surface area contributed by atoms with Crippen LogP contribution in [0.3, 0.4) is 0 Å². The number of alkyl halides is 2. The number of nitrogens with zero attached hydrogens (tertiary/aromatic N) is 3. The molecule has 0 aromatic carbocycles. The van der Waals surface area contributed by atoms with Crippen molar-refractivity contribution in [3.63, 3.8) is 0 Å². The third-order valence-corrected chi connectivity index (χ3v) is 1.57. The van der Waals surface area contributed by atoms with Crippen LogP contribution in [0.1, 0.15) is 0 Å². The number of aliphatic hydroxyl groups excluding tert-OH is 1. The Labute approximate surface area is 77.3 Å². The second kappa shape index (κ2) is 3.66. The van der Waals surface area contributed by atoms with Crippen molar-refractivity contribution >= 4 is 5.91 Å². The lowest BCUT2D eigenvalue weighted by molar-refractivity contribution is -0.161. The summed E-state index contributed by atoms with van der Waals surface area (Å²) >= 11 is 0. The Hall–Kier alpha value is -1.57. The van der Waals surface area contributed by atoms with E-state index in [9.17, 15) is 13.6 Å². The van der Waals surface area contributed by atoms with Crippen LogP contribution in [0.25, 0.3) is 0 Å². The van der Waals surface area contributed by atoms with Gasteiger partial charge in [-0.3, -0.25) is 9.48 Å². The van der Waals surface area contributed by atoms with Crippen LogP contribution >= 0.6 is 0 Å². The summed E-state index contributed by atoms with van der Waals surface area (Å²) in [4.78, 5) is 13.7. The summed E-state index contributed by atoms with van der Waals surface area (Å²) in [6, 6.07) is 0. The van der Waals surface area contributed by atoms with Gasteiger partial charge < -0.3 is 10.8 Å². The van der Waals surface area contributed by atoms with Crippen molar-refractivity contribution in [2.75, 3.05) is 0 Å². The Morgan fingerprint density at radius 3 is 2.79 bits per heavy atom. The number of rotatable bonds is 4. The van der Waals surface area contributed by atoms with Gasteiger partial charge in [-0.1, -0.05) is 0 Å². The summed E-state index contributed by atoms with van der Waals surface area (Å²) in [5.41, 5.74) is 4.41. The van der Waals surface area contributed by atoms with E-state index in [-0.39, 0.29) is 0 Å². The van der Waals surface area contributed by atoms with Crippen LogP contribution in [-0.2, 0) is 11.3 Å². The van der Waals surface area contributed by atoms with Gasteiger partial charge in [0.25, 0.3) is 5.91 Å². The molecule has 0 saturated heterocycles. The highest BCUT2D eigenvalue weighted by molar-refractivity contribution is 5.82. The molecule has 1 atom stereocenters. The first-order valence-corrected chi connectivity index (χ1v) is 3.62. The van der Waals surface area contributed by atoms with E-state index >= 15 is 0 Å². The molecule has 14 heavy (non-hydrogen) atoms. The molecule has 78 valence electrons. The molecular formula is C6H8F2N4O2. The van der Waals surface area contributed by atoms with E-state index in [1.807, 2.05) is 0 Å². The van der Waals surface area contributed by atoms with E-state index < -0.39 is 24.5 Å². The maximum Gasteiger partial charge on any atom is 0.351 e. The zero-order valence-corrected chi connectivity index (χ0v) is 6.97. The highest BCUT2D eigenvalue weighted by Crippen LogP contribution is 2.18. The summed E-state index contributed by atoms with van der Waals surface area (Å²) in [6.45, 7) is -0.546. The van der Waals surface area contributed by atoms with Crippen molar-refractivity contribution in [3.05, 3.63) is 12.7 Å². The molecule has 1 aromatic rings. The molecule has 1 aromatic heterocycles. The second-order valence-electron chi connectivity index (χ2n) is 2.62. The fourth-order valence-electron chi connectivity index (χ4n) is 0.783. The number of carbonyl (C=O) groups is 1. The fourth-order valence-corrected chi connectivity index (χ4v) is 0.783. The fraction of sp³-hybridized carbons (Fsp3) is 0.500. The Morgan fingerprint density at radius 2 is 2.36 bits per heavy atom. The van der Waals surface area contributed by atoms with Gasteiger partial charge in [-0.15, -0.1) is 0 Å². The number of amides is 1. The van der Waals surface area contributed by atoms with Gasteiger partial charge in [0.1, 0.15) is 18.8 Å². The molecular weight excluding hydrogens is 198 g/mol. The average Bonchev–Trinajstić information content (AvgIpc) is 2.56. The Balaban J connectivity index is 2.67. The highest BCUT2D eigenvalue weighted by atomic mass is 19.3. The zero-order valence-electron chi connectivity index (χ0n) is 6.97. The van der Waals surface area contributed by atoms with Gasteiger partial charge in [-0.2, -0.15) is 13.9 Å². The van der Waals surface area contributed by atoms with Gasteiger partial charge in [-0.05, 0) is 0 Å². The quantitative estimate of drug-likeness (QED) is 0.644. The molecule has 3 N–H and O–H groups in total.